The molecule has 2 amide bonds. The van der Waals surface area contributed by atoms with Crippen molar-refractivity contribution in [1.82, 2.24) is 0 Å². The molecule has 4 nitrogen and oxygen atoms in total. The van der Waals surface area contributed by atoms with Gasteiger partial charge in [0.15, 0.2) is 0 Å². The first-order valence-electron chi connectivity index (χ1n) is 9.03. The number of carbonyl (C=O) groups excluding carboxylic acids is 2. The van der Waals surface area contributed by atoms with Crippen molar-refractivity contribution in [2.75, 3.05) is 10.2 Å². The molecule has 0 radical (unpaired) electrons. The first kappa shape index (κ1) is 20.1. The maximum atomic E-state index is 13.5. The molecular formula is C23H15Cl2FN2O2. The van der Waals surface area contributed by atoms with E-state index in [0.29, 0.717) is 27.0 Å². The summed E-state index contributed by atoms with van der Waals surface area (Å²) in [6, 6.07) is 17.1. The maximum absolute atomic E-state index is 13.5. The number of anilines is 2. The molecule has 0 aliphatic carbocycles. The van der Waals surface area contributed by atoms with Crippen LogP contribution in [-0.2, 0) is 9.59 Å². The molecule has 0 fully saturated rings. The Kier molecular flexibility index (Phi) is 5.33. The number of nitrogens with one attached hydrogen (secondary N) is 1. The van der Waals surface area contributed by atoms with Crippen LogP contribution in [0.5, 0.6) is 0 Å². The SMILES string of the molecule is Cc1c(Cl)cccc1NC1=C(c2ccc(F)cc2)C(=O)N(c2cccc(Cl)c2)C1=O. The minimum Gasteiger partial charge on any atom is -0.350 e. The Morgan fingerprint density at radius 1 is 0.900 bits per heavy atom. The van der Waals surface area contributed by atoms with Crippen LogP contribution in [-0.4, -0.2) is 11.8 Å². The van der Waals surface area contributed by atoms with Crippen molar-refractivity contribution in [3.63, 3.8) is 0 Å². The van der Waals surface area contributed by atoms with E-state index >= 15 is 0 Å². The number of benzene rings is 3. The van der Waals surface area contributed by atoms with Crippen molar-refractivity contribution in [2.45, 2.75) is 6.92 Å². The summed E-state index contributed by atoms with van der Waals surface area (Å²) in [6.45, 7) is 1.80. The van der Waals surface area contributed by atoms with Crippen LogP contribution in [0.3, 0.4) is 0 Å². The number of hydrogen-bond donors (Lipinski definition) is 1. The van der Waals surface area contributed by atoms with E-state index < -0.39 is 17.6 Å². The van der Waals surface area contributed by atoms with Crippen LogP contribution < -0.4 is 10.2 Å². The number of nitrogens with zero attached hydrogens (tertiary/aromatic N) is 1. The van der Waals surface area contributed by atoms with E-state index in [1.54, 1.807) is 43.3 Å². The summed E-state index contributed by atoms with van der Waals surface area (Å²) in [4.78, 5) is 27.7. The predicted molar refractivity (Wildman–Crippen MR) is 117 cm³/mol. The van der Waals surface area contributed by atoms with Gasteiger partial charge < -0.3 is 5.32 Å². The fraction of sp³-hybridized carbons (Fsp3) is 0.0435. The molecule has 1 heterocycles. The van der Waals surface area contributed by atoms with E-state index in [0.717, 1.165) is 10.5 Å². The van der Waals surface area contributed by atoms with E-state index in [4.69, 9.17) is 23.2 Å². The number of amides is 2. The third-order valence-electron chi connectivity index (χ3n) is 4.81. The minimum absolute atomic E-state index is 0.0805. The summed E-state index contributed by atoms with van der Waals surface area (Å²) in [7, 11) is 0. The molecule has 1 aliphatic rings. The smallest absolute Gasteiger partial charge is 0.282 e. The van der Waals surface area contributed by atoms with Crippen molar-refractivity contribution in [2.24, 2.45) is 0 Å². The van der Waals surface area contributed by atoms with Gasteiger partial charge in [-0.05, 0) is 60.5 Å². The Labute approximate surface area is 182 Å². The summed E-state index contributed by atoms with van der Waals surface area (Å²) < 4.78 is 13.5. The van der Waals surface area contributed by atoms with Gasteiger partial charge in [0, 0.05) is 15.7 Å². The molecule has 1 aliphatic heterocycles. The standard InChI is InChI=1S/C23H15Cl2FN2O2/c1-13-18(25)6-3-7-19(13)27-21-20(14-8-10-16(26)11-9-14)22(29)28(23(21)30)17-5-2-4-15(24)12-17/h2-12,27H,1H3. The highest BCUT2D eigenvalue weighted by atomic mass is 35.5. The first-order valence-corrected chi connectivity index (χ1v) is 9.79. The molecule has 3 aromatic carbocycles. The molecule has 150 valence electrons. The summed E-state index contributed by atoms with van der Waals surface area (Å²) in [5.41, 5.74) is 2.30. The normalized spacial score (nSPS) is 13.9. The van der Waals surface area contributed by atoms with E-state index in [-0.39, 0.29) is 11.3 Å². The lowest BCUT2D eigenvalue weighted by atomic mass is 10.0. The molecule has 0 atom stereocenters. The molecule has 0 unspecified atom stereocenters. The van der Waals surface area contributed by atoms with E-state index in [9.17, 15) is 14.0 Å². The number of rotatable bonds is 4. The average Bonchev–Trinajstić information content (AvgIpc) is 2.96. The lowest BCUT2D eigenvalue weighted by molar-refractivity contribution is -0.120. The van der Waals surface area contributed by atoms with Gasteiger partial charge in [-0.15, -0.1) is 0 Å². The van der Waals surface area contributed by atoms with Crippen molar-refractivity contribution >= 4 is 52.0 Å². The van der Waals surface area contributed by atoms with E-state index in [1.165, 1.54) is 30.3 Å². The highest BCUT2D eigenvalue weighted by molar-refractivity contribution is 6.46. The monoisotopic (exact) mass is 440 g/mol. The number of imide groups is 1. The lowest BCUT2D eigenvalue weighted by Crippen LogP contribution is -2.32. The van der Waals surface area contributed by atoms with Gasteiger partial charge in [-0.2, -0.15) is 0 Å². The number of carbonyl (C=O) groups is 2. The summed E-state index contributed by atoms with van der Waals surface area (Å²) >= 11 is 12.3. The largest absolute Gasteiger partial charge is 0.350 e. The highest BCUT2D eigenvalue weighted by Crippen LogP contribution is 2.35. The Hall–Kier alpha value is -3.15. The second-order valence-electron chi connectivity index (χ2n) is 6.72. The van der Waals surface area contributed by atoms with Gasteiger partial charge in [0.25, 0.3) is 11.8 Å². The summed E-state index contributed by atoms with van der Waals surface area (Å²) in [5.74, 6) is -1.51. The Bertz CT molecular complexity index is 1210. The summed E-state index contributed by atoms with van der Waals surface area (Å²) in [6.07, 6.45) is 0. The predicted octanol–water partition coefficient (Wildman–Crippen LogP) is 5.84. The Morgan fingerprint density at radius 2 is 1.60 bits per heavy atom. The zero-order valence-electron chi connectivity index (χ0n) is 15.7. The second-order valence-corrected chi connectivity index (χ2v) is 7.56. The van der Waals surface area contributed by atoms with Gasteiger partial charge in [0.2, 0.25) is 0 Å². The molecule has 0 bridgehead atoms. The van der Waals surface area contributed by atoms with Crippen LogP contribution >= 0.6 is 23.2 Å². The van der Waals surface area contributed by atoms with Gasteiger partial charge >= 0.3 is 0 Å². The fourth-order valence-corrected chi connectivity index (χ4v) is 3.62. The molecule has 1 N–H and O–H groups in total. The third-order valence-corrected chi connectivity index (χ3v) is 5.46. The molecular weight excluding hydrogens is 426 g/mol. The van der Waals surface area contributed by atoms with Crippen LogP contribution in [0, 0.1) is 12.7 Å². The molecule has 0 spiro atoms. The van der Waals surface area contributed by atoms with Crippen LogP contribution in [0.4, 0.5) is 15.8 Å². The molecule has 30 heavy (non-hydrogen) atoms. The Balaban J connectivity index is 1.86. The molecule has 4 rings (SSSR count). The first-order chi connectivity index (χ1) is 14.4. The molecule has 0 saturated carbocycles. The molecule has 7 heteroatoms. The van der Waals surface area contributed by atoms with Gasteiger partial charge in [-0.3, -0.25) is 9.59 Å². The maximum Gasteiger partial charge on any atom is 0.282 e. The van der Waals surface area contributed by atoms with Crippen molar-refractivity contribution in [1.29, 1.82) is 0 Å². The topological polar surface area (TPSA) is 49.4 Å². The highest BCUT2D eigenvalue weighted by Gasteiger charge is 2.40. The van der Waals surface area contributed by atoms with Crippen LogP contribution in [0.25, 0.3) is 5.57 Å². The third kappa shape index (κ3) is 3.58. The second kappa shape index (κ2) is 7.94. The number of hydrogen-bond acceptors (Lipinski definition) is 3. The van der Waals surface area contributed by atoms with E-state index in [1.807, 2.05) is 0 Å². The van der Waals surface area contributed by atoms with Gasteiger partial charge in [-0.1, -0.05) is 47.5 Å². The van der Waals surface area contributed by atoms with Gasteiger partial charge in [-0.25, -0.2) is 9.29 Å². The van der Waals surface area contributed by atoms with Crippen molar-refractivity contribution in [3.05, 3.63) is 99.4 Å². The van der Waals surface area contributed by atoms with Crippen molar-refractivity contribution < 1.29 is 14.0 Å². The zero-order chi connectivity index (χ0) is 21.4. The van der Waals surface area contributed by atoms with Crippen LogP contribution in [0.2, 0.25) is 10.0 Å². The van der Waals surface area contributed by atoms with Crippen LogP contribution in [0.15, 0.2) is 72.4 Å². The van der Waals surface area contributed by atoms with Gasteiger partial charge in [0.1, 0.15) is 11.5 Å². The zero-order valence-corrected chi connectivity index (χ0v) is 17.3. The number of halogens is 3. The summed E-state index contributed by atoms with van der Waals surface area (Å²) in [5, 5.41) is 3.98. The Morgan fingerprint density at radius 3 is 2.30 bits per heavy atom. The molecule has 0 saturated heterocycles. The van der Waals surface area contributed by atoms with Crippen molar-refractivity contribution in [3.8, 4) is 0 Å². The van der Waals surface area contributed by atoms with Gasteiger partial charge in [0.05, 0.1) is 11.3 Å². The van der Waals surface area contributed by atoms with Crippen LogP contribution in [0.1, 0.15) is 11.1 Å². The minimum atomic E-state index is -0.541. The molecule has 0 aromatic heterocycles. The van der Waals surface area contributed by atoms with E-state index in [2.05, 4.69) is 5.32 Å². The quantitative estimate of drug-likeness (QED) is 0.518. The average molecular weight is 441 g/mol. The molecule has 3 aromatic rings. The lowest BCUT2D eigenvalue weighted by Gasteiger charge is -2.16. The fourth-order valence-electron chi connectivity index (χ4n) is 3.26.